The molecule has 1 N–H and O–H groups in total. The van der Waals surface area contributed by atoms with Crippen LogP contribution in [0.4, 0.5) is 5.69 Å². The van der Waals surface area contributed by atoms with Gasteiger partial charge in [-0.25, -0.2) is 0 Å². The van der Waals surface area contributed by atoms with E-state index in [1.165, 1.54) is 0 Å². The molecule has 2 atom stereocenters. The van der Waals surface area contributed by atoms with Gasteiger partial charge in [0, 0.05) is 43.1 Å². The van der Waals surface area contributed by atoms with Crippen LogP contribution in [0, 0.1) is 0 Å². The summed E-state index contributed by atoms with van der Waals surface area (Å²) in [5, 5.41) is 4.11. The zero-order chi connectivity index (χ0) is 23.5. The summed E-state index contributed by atoms with van der Waals surface area (Å²) in [6, 6.07) is 19.6. The second-order valence-electron chi connectivity index (χ2n) is 7.96. The molecule has 1 fully saturated rings. The molecule has 172 valence electrons. The molecule has 1 aromatic carbocycles. The van der Waals surface area contributed by atoms with Crippen molar-refractivity contribution >= 4 is 23.0 Å². The number of nitrogens with zero attached hydrogens (tertiary/aromatic N) is 4. The fourth-order valence-corrected chi connectivity index (χ4v) is 4.77. The first-order valence-electron chi connectivity index (χ1n) is 11.0. The van der Waals surface area contributed by atoms with Gasteiger partial charge >= 0.3 is 0 Å². The molecule has 5 rings (SSSR count). The smallest absolute Gasteiger partial charge is 0.174 e. The minimum atomic E-state index is -0.171. The number of anilines is 1. The topological polar surface area (TPSA) is 64.4 Å². The lowest BCUT2D eigenvalue weighted by Gasteiger charge is -2.30. The van der Waals surface area contributed by atoms with Crippen molar-refractivity contribution in [3.8, 4) is 11.5 Å². The van der Waals surface area contributed by atoms with Crippen LogP contribution in [0.15, 0.2) is 85.5 Å². The molecule has 1 saturated heterocycles. The SMILES string of the molecule is COc1ccc(OC)c(N2C(=S)N[C@@H](c3ccccn3)[C@@H]2c2cccn2Cc2cccnc2)c1. The fourth-order valence-electron chi connectivity index (χ4n) is 4.43. The molecule has 0 amide bonds. The Bertz CT molecular complexity index is 1280. The Kier molecular flexibility index (Phi) is 6.14. The predicted octanol–water partition coefficient (Wildman–Crippen LogP) is 4.52. The molecule has 0 radical (unpaired) electrons. The van der Waals surface area contributed by atoms with Gasteiger partial charge in [0.25, 0.3) is 0 Å². The summed E-state index contributed by atoms with van der Waals surface area (Å²) in [6.07, 6.45) is 7.56. The van der Waals surface area contributed by atoms with Gasteiger partial charge in [0.05, 0.1) is 31.6 Å². The first kappa shape index (κ1) is 21.9. The number of nitrogens with one attached hydrogen (secondary N) is 1. The van der Waals surface area contributed by atoms with Crippen LogP contribution in [0.1, 0.15) is 29.0 Å². The van der Waals surface area contributed by atoms with Gasteiger partial charge in [-0.15, -0.1) is 0 Å². The van der Waals surface area contributed by atoms with E-state index in [0.29, 0.717) is 17.4 Å². The normalized spacial score (nSPS) is 17.5. The number of thiocarbonyl (C=S) groups is 1. The molecule has 34 heavy (non-hydrogen) atoms. The van der Waals surface area contributed by atoms with E-state index >= 15 is 0 Å². The molecule has 8 heteroatoms. The van der Waals surface area contributed by atoms with Crippen molar-refractivity contribution in [3.05, 3.63) is 102 Å². The highest BCUT2D eigenvalue weighted by atomic mass is 32.1. The second kappa shape index (κ2) is 9.52. The molecule has 0 saturated carbocycles. The summed E-state index contributed by atoms with van der Waals surface area (Å²) in [5.74, 6) is 1.44. The minimum absolute atomic E-state index is 0.160. The second-order valence-corrected chi connectivity index (χ2v) is 8.34. The van der Waals surface area contributed by atoms with E-state index in [1.807, 2.05) is 48.7 Å². The third kappa shape index (κ3) is 4.08. The van der Waals surface area contributed by atoms with Gasteiger partial charge in [0.2, 0.25) is 0 Å². The average molecular weight is 472 g/mol. The molecule has 0 spiro atoms. The zero-order valence-corrected chi connectivity index (χ0v) is 19.8. The minimum Gasteiger partial charge on any atom is -0.497 e. The standard InChI is InChI=1S/C26H25N5O2S/c1-32-19-10-11-23(33-2)22(15-19)31-25(24(29-26(31)34)20-8-3-4-13-28-20)21-9-6-14-30(21)17-18-7-5-12-27-16-18/h3-16,24-25H,17H2,1-2H3,(H,29,34)/t24-,25-/m0/s1. The number of hydrogen-bond acceptors (Lipinski definition) is 5. The van der Waals surface area contributed by atoms with E-state index in [2.05, 4.69) is 49.1 Å². The zero-order valence-electron chi connectivity index (χ0n) is 19.0. The molecule has 1 aliphatic heterocycles. The van der Waals surface area contributed by atoms with E-state index < -0.39 is 0 Å². The Morgan fingerprint density at radius 3 is 2.65 bits per heavy atom. The lowest BCUT2D eigenvalue weighted by Crippen LogP contribution is -2.30. The quantitative estimate of drug-likeness (QED) is 0.398. The van der Waals surface area contributed by atoms with E-state index in [1.54, 1.807) is 26.6 Å². The van der Waals surface area contributed by atoms with Crippen LogP contribution in [0.5, 0.6) is 11.5 Å². The number of methoxy groups -OCH3 is 2. The van der Waals surface area contributed by atoms with Gasteiger partial charge in [0.1, 0.15) is 17.5 Å². The Morgan fingerprint density at radius 2 is 1.91 bits per heavy atom. The highest BCUT2D eigenvalue weighted by Gasteiger charge is 2.43. The number of ether oxygens (including phenoxy) is 2. The van der Waals surface area contributed by atoms with Crippen molar-refractivity contribution in [2.45, 2.75) is 18.6 Å². The van der Waals surface area contributed by atoms with Gasteiger partial charge < -0.3 is 24.3 Å². The van der Waals surface area contributed by atoms with Gasteiger partial charge in [-0.1, -0.05) is 12.1 Å². The third-order valence-electron chi connectivity index (χ3n) is 5.99. The molecular weight excluding hydrogens is 446 g/mol. The van der Waals surface area contributed by atoms with Gasteiger partial charge in [-0.2, -0.15) is 0 Å². The lowest BCUT2D eigenvalue weighted by molar-refractivity contribution is 0.402. The Labute approximate surface area is 204 Å². The van der Waals surface area contributed by atoms with Crippen molar-refractivity contribution < 1.29 is 9.47 Å². The van der Waals surface area contributed by atoms with Gasteiger partial charge in [-0.3, -0.25) is 9.97 Å². The summed E-state index contributed by atoms with van der Waals surface area (Å²) in [7, 11) is 3.31. The van der Waals surface area contributed by atoms with Crippen LogP contribution in [-0.2, 0) is 6.54 Å². The summed E-state index contributed by atoms with van der Waals surface area (Å²) < 4.78 is 13.5. The fraction of sp³-hybridized carbons (Fsp3) is 0.192. The van der Waals surface area contributed by atoms with Crippen molar-refractivity contribution in [3.63, 3.8) is 0 Å². The third-order valence-corrected chi connectivity index (χ3v) is 6.30. The summed E-state index contributed by atoms with van der Waals surface area (Å²) >= 11 is 5.88. The van der Waals surface area contributed by atoms with Crippen molar-refractivity contribution in [2.75, 3.05) is 19.1 Å². The predicted molar refractivity (Wildman–Crippen MR) is 135 cm³/mol. The van der Waals surface area contributed by atoms with E-state index in [-0.39, 0.29) is 12.1 Å². The highest BCUT2D eigenvalue weighted by Crippen LogP contribution is 2.45. The molecule has 1 aliphatic rings. The van der Waals surface area contributed by atoms with Gasteiger partial charge in [0.15, 0.2) is 5.11 Å². The lowest BCUT2D eigenvalue weighted by atomic mass is 10.0. The summed E-state index contributed by atoms with van der Waals surface area (Å²) in [5.41, 5.74) is 3.95. The summed E-state index contributed by atoms with van der Waals surface area (Å²) in [4.78, 5) is 11.0. The molecular formula is C26H25N5O2S. The van der Waals surface area contributed by atoms with Crippen LogP contribution < -0.4 is 19.7 Å². The highest BCUT2D eigenvalue weighted by molar-refractivity contribution is 7.80. The monoisotopic (exact) mass is 471 g/mol. The molecule has 4 aromatic rings. The molecule has 4 heterocycles. The van der Waals surface area contributed by atoms with E-state index in [0.717, 1.165) is 28.4 Å². The number of hydrogen-bond donors (Lipinski definition) is 1. The van der Waals surface area contributed by atoms with Crippen LogP contribution in [0.2, 0.25) is 0 Å². The van der Waals surface area contributed by atoms with Crippen molar-refractivity contribution in [1.29, 1.82) is 0 Å². The number of pyridine rings is 2. The van der Waals surface area contributed by atoms with Crippen LogP contribution in [0.3, 0.4) is 0 Å². The Morgan fingerprint density at radius 1 is 1.00 bits per heavy atom. The summed E-state index contributed by atoms with van der Waals surface area (Å²) in [6.45, 7) is 0.692. The molecule has 0 unspecified atom stereocenters. The van der Waals surface area contributed by atoms with Crippen LogP contribution in [-0.4, -0.2) is 33.9 Å². The van der Waals surface area contributed by atoms with Gasteiger partial charge in [-0.05, 0) is 60.2 Å². The van der Waals surface area contributed by atoms with Crippen molar-refractivity contribution in [2.24, 2.45) is 0 Å². The maximum atomic E-state index is 5.88. The maximum absolute atomic E-state index is 5.88. The Balaban J connectivity index is 1.64. The molecule has 7 nitrogen and oxygen atoms in total. The first-order chi connectivity index (χ1) is 16.7. The first-order valence-corrected chi connectivity index (χ1v) is 11.4. The van der Waals surface area contributed by atoms with Crippen LogP contribution in [0.25, 0.3) is 0 Å². The molecule has 0 bridgehead atoms. The average Bonchev–Trinajstić information content (AvgIpc) is 3.48. The number of rotatable bonds is 7. The molecule has 3 aromatic heterocycles. The number of benzene rings is 1. The largest absolute Gasteiger partial charge is 0.497 e. The van der Waals surface area contributed by atoms with E-state index in [9.17, 15) is 0 Å². The van der Waals surface area contributed by atoms with E-state index in [4.69, 9.17) is 21.7 Å². The van der Waals surface area contributed by atoms with Crippen LogP contribution >= 0.6 is 12.2 Å². The van der Waals surface area contributed by atoms with Crippen molar-refractivity contribution in [1.82, 2.24) is 19.9 Å². The molecule has 0 aliphatic carbocycles. The Hall–Kier alpha value is -3.91. The maximum Gasteiger partial charge on any atom is 0.174 e. The number of aromatic nitrogens is 3.